The van der Waals surface area contributed by atoms with Crippen molar-refractivity contribution in [2.24, 2.45) is 5.41 Å². The summed E-state index contributed by atoms with van der Waals surface area (Å²) in [6.07, 6.45) is -1.01. The van der Waals surface area contributed by atoms with Crippen molar-refractivity contribution in [1.29, 1.82) is 0 Å². The van der Waals surface area contributed by atoms with Crippen molar-refractivity contribution in [3.8, 4) is 11.1 Å². The van der Waals surface area contributed by atoms with E-state index in [0.29, 0.717) is 0 Å². The predicted molar refractivity (Wildman–Crippen MR) is 119 cm³/mol. The number of carbonyl (C=O) groups is 2. The van der Waals surface area contributed by atoms with Crippen LogP contribution in [0.2, 0.25) is 0 Å². The molecule has 0 bridgehead atoms. The molecule has 0 fully saturated rings. The van der Waals surface area contributed by atoms with Gasteiger partial charge >= 0.3 is 12.1 Å². The first kappa shape index (κ1) is 23.7. The van der Waals surface area contributed by atoms with Crippen LogP contribution in [-0.4, -0.2) is 50.6 Å². The van der Waals surface area contributed by atoms with Gasteiger partial charge in [-0.05, 0) is 27.7 Å². The van der Waals surface area contributed by atoms with Gasteiger partial charge in [0.25, 0.3) is 10.1 Å². The molecule has 3 rings (SSSR count). The molecule has 1 aliphatic carbocycles. The number of rotatable bonds is 8. The van der Waals surface area contributed by atoms with Crippen molar-refractivity contribution in [3.63, 3.8) is 0 Å². The van der Waals surface area contributed by atoms with E-state index in [2.05, 4.69) is 5.32 Å². The summed E-state index contributed by atoms with van der Waals surface area (Å²) in [7, 11) is -4.17. The zero-order chi connectivity index (χ0) is 23.5. The molecule has 9 heteroatoms. The highest BCUT2D eigenvalue weighted by atomic mass is 32.2. The number of hydrogen-bond donors (Lipinski definition) is 2. The molecule has 172 valence electrons. The standard InChI is InChI=1S/C23H27NO7S/c1-23(2,3)14-31-32(28,29)13-20(21(25)26)24-22(27)30-12-19-17-10-6-4-8-15(17)16-9-5-7-11-18(16)19/h4-11,19-20H,12-14H2,1-3H3,(H,24,27)(H,25,26)/t20-/m0/s1. The molecule has 2 aromatic rings. The second-order valence-corrected chi connectivity index (χ2v) is 10.6. The lowest BCUT2D eigenvalue weighted by Gasteiger charge is -2.20. The number of carboxylic acid groups (broad SMARTS) is 1. The van der Waals surface area contributed by atoms with Crippen molar-refractivity contribution in [3.05, 3.63) is 59.7 Å². The SMILES string of the molecule is CC(C)(C)COS(=O)(=O)C[C@H](NC(=O)OCC1c2ccccc2-c2ccccc21)C(=O)O. The summed E-state index contributed by atoms with van der Waals surface area (Å²) in [6, 6.07) is 13.9. The third-order valence-electron chi connectivity index (χ3n) is 4.98. The van der Waals surface area contributed by atoms with Crippen LogP contribution in [0, 0.1) is 5.41 Å². The van der Waals surface area contributed by atoms with E-state index >= 15 is 0 Å². The summed E-state index contributed by atoms with van der Waals surface area (Å²) in [4.78, 5) is 23.8. The van der Waals surface area contributed by atoms with Gasteiger partial charge in [-0.25, -0.2) is 9.59 Å². The molecule has 32 heavy (non-hydrogen) atoms. The topological polar surface area (TPSA) is 119 Å². The summed E-state index contributed by atoms with van der Waals surface area (Å²) in [5.74, 6) is -2.60. The molecule has 8 nitrogen and oxygen atoms in total. The van der Waals surface area contributed by atoms with Gasteiger partial charge in [-0.2, -0.15) is 8.42 Å². The Balaban J connectivity index is 1.64. The van der Waals surface area contributed by atoms with Crippen molar-refractivity contribution >= 4 is 22.2 Å². The first-order valence-electron chi connectivity index (χ1n) is 10.2. The Labute approximate surface area is 187 Å². The molecule has 0 radical (unpaired) electrons. The summed E-state index contributed by atoms with van der Waals surface area (Å²) in [5.41, 5.74) is 3.71. The first-order valence-corrected chi connectivity index (χ1v) is 11.8. The Bertz CT molecular complexity index is 1060. The zero-order valence-corrected chi connectivity index (χ0v) is 19.0. The van der Waals surface area contributed by atoms with Crippen molar-refractivity contribution in [2.45, 2.75) is 32.7 Å². The van der Waals surface area contributed by atoms with Crippen LogP contribution in [-0.2, 0) is 23.8 Å². The van der Waals surface area contributed by atoms with Crippen molar-refractivity contribution < 1.29 is 32.0 Å². The van der Waals surface area contributed by atoms with E-state index in [1.54, 1.807) is 20.8 Å². The van der Waals surface area contributed by atoms with Crippen LogP contribution in [0.5, 0.6) is 0 Å². The van der Waals surface area contributed by atoms with Crippen LogP contribution >= 0.6 is 0 Å². The summed E-state index contributed by atoms with van der Waals surface area (Å²) < 4.78 is 34.5. The third-order valence-corrected chi connectivity index (χ3v) is 6.19. The van der Waals surface area contributed by atoms with Crippen LogP contribution in [0.1, 0.15) is 37.8 Å². The van der Waals surface area contributed by atoms with Crippen molar-refractivity contribution in [2.75, 3.05) is 19.0 Å². The number of nitrogens with one attached hydrogen (secondary N) is 1. The average molecular weight is 462 g/mol. The van der Waals surface area contributed by atoms with E-state index < -0.39 is 39.4 Å². The number of fused-ring (bicyclic) bond motifs is 3. The lowest BCUT2D eigenvalue weighted by Crippen LogP contribution is -2.46. The lowest BCUT2D eigenvalue weighted by molar-refractivity contribution is -0.138. The summed E-state index contributed by atoms with van der Waals surface area (Å²) in [5, 5.41) is 11.5. The van der Waals surface area contributed by atoms with Crippen LogP contribution < -0.4 is 5.32 Å². The minimum absolute atomic E-state index is 0.0144. The summed E-state index contributed by atoms with van der Waals surface area (Å²) >= 11 is 0. The number of hydrogen-bond acceptors (Lipinski definition) is 6. The molecule has 2 N–H and O–H groups in total. The minimum atomic E-state index is -4.17. The third kappa shape index (κ3) is 5.86. The lowest BCUT2D eigenvalue weighted by atomic mass is 9.98. The fourth-order valence-corrected chi connectivity index (χ4v) is 4.74. The highest BCUT2D eigenvalue weighted by molar-refractivity contribution is 7.86. The minimum Gasteiger partial charge on any atom is -0.480 e. The summed E-state index contributed by atoms with van der Waals surface area (Å²) in [6.45, 7) is 5.23. The maximum absolute atomic E-state index is 12.3. The van der Waals surface area contributed by atoms with Crippen LogP contribution in [0.3, 0.4) is 0 Å². The van der Waals surface area contributed by atoms with Crippen LogP contribution in [0.25, 0.3) is 11.1 Å². The molecule has 2 aromatic carbocycles. The Kier molecular flexibility index (Phi) is 6.90. The maximum Gasteiger partial charge on any atom is 0.407 e. The van der Waals surface area contributed by atoms with Gasteiger partial charge in [0.15, 0.2) is 0 Å². The Morgan fingerprint density at radius 1 is 1.03 bits per heavy atom. The fourth-order valence-electron chi connectivity index (χ4n) is 3.48. The van der Waals surface area contributed by atoms with E-state index in [0.717, 1.165) is 22.3 Å². The second kappa shape index (κ2) is 9.30. The van der Waals surface area contributed by atoms with Gasteiger partial charge in [0.2, 0.25) is 0 Å². The number of carbonyl (C=O) groups excluding carboxylic acids is 1. The van der Waals surface area contributed by atoms with E-state index in [9.17, 15) is 23.1 Å². The zero-order valence-electron chi connectivity index (χ0n) is 18.2. The molecule has 0 aromatic heterocycles. The molecule has 0 saturated carbocycles. The van der Waals surface area contributed by atoms with Crippen LogP contribution in [0.15, 0.2) is 48.5 Å². The van der Waals surface area contributed by atoms with Gasteiger partial charge in [-0.15, -0.1) is 0 Å². The molecule has 0 heterocycles. The van der Waals surface area contributed by atoms with E-state index in [1.807, 2.05) is 48.5 Å². The maximum atomic E-state index is 12.3. The van der Waals surface area contributed by atoms with Gasteiger partial charge in [-0.1, -0.05) is 69.3 Å². The number of benzene rings is 2. The Hall–Kier alpha value is -2.91. The van der Waals surface area contributed by atoms with E-state index in [1.165, 1.54) is 0 Å². The molecule has 1 atom stereocenters. The van der Waals surface area contributed by atoms with Gasteiger partial charge < -0.3 is 15.2 Å². The highest BCUT2D eigenvalue weighted by Gasteiger charge is 2.31. The number of amides is 1. The number of aliphatic carboxylic acids is 1. The number of ether oxygens (including phenoxy) is 1. The van der Waals surface area contributed by atoms with Crippen LogP contribution in [0.4, 0.5) is 4.79 Å². The molecule has 1 aliphatic rings. The van der Waals surface area contributed by atoms with Gasteiger partial charge in [0.1, 0.15) is 18.4 Å². The molecule has 0 spiro atoms. The quantitative estimate of drug-likeness (QED) is 0.579. The number of alkyl carbamates (subject to hydrolysis) is 1. The average Bonchev–Trinajstić information content (AvgIpc) is 3.04. The first-order chi connectivity index (χ1) is 15.0. The second-order valence-electron chi connectivity index (χ2n) is 8.91. The molecule has 0 saturated heterocycles. The monoisotopic (exact) mass is 461 g/mol. The molecular weight excluding hydrogens is 434 g/mol. The van der Waals surface area contributed by atoms with Crippen molar-refractivity contribution in [1.82, 2.24) is 5.32 Å². The fraction of sp³-hybridized carbons (Fsp3) is 0.391. The van der Waals surface area contributed by atoms with Gasteiger partial charge in [0, 0.05) is 5.92 Å². The van der Waals surface area contributed by atoms with Gasteiger partial charge in [-0.3, -0.25) is 4.18 Å². The predicted octanol–water partition coefficient (Wildman–Crippen LogP) is 3.37. The smallest absolute Gasteiger partial charge is 0.407 e. The Morgan fingerprint density at radius 3 is 2.06 bits per heavy atom. The largest absolute Gasteiger partial charge is 0.480 e. The Morgan fingerprint density at radius 2 is 1.56 bits per heavy atom. The van der Waals surface area contributed by atoms with Gasteiger partial charge in [0.05, 0.1) is 6.61 Å². The molecule has 0 aliphatic heterocycles. The molecule has 1 amide bonds. The van der Waals surface area contributed by atoms with E-state index in [-0.39, 0.29) is 19.1 Å². The highest BCUT2D eigenvalue weighted by Crippen LogP contribution is 2.44. The number of carboxylic acids is 1. The molecular formula is C23H27NO7S. The van der Waals surface area contributed by atoms with E-state index in [4.69, 9.17) is 8.92 Å². The molecule has 0 unspecified atom stereocenters. The normalized spacial score (nSPS) is 14.3.